The number of hydrogen-bond acceptors (Lipinski definition) is 8. The summed E-state index contributed by atoms with van der Waals surface area (Å²) in [6, 6.07) is 19.3. The number of nitrogens with one attached hydrogen (secondary N) is 2. The lowest BCUT2D eigenvalue weighted by Crippen LogP contribution is -2.51. The minimum atomic E-state index is -1.17. The lowest BCUT2D eigenvalue weighted by molar-refractivity contribution is 0.222. The number of rotatable bonds is 11. The summed E-state index contributed by atoms with van der Waals surface area (Å²) in [5, 5.41) is 6.85. The minimum Gasteiger partial charge on any atom is -0.495 e. The molecule has 4 rings (SSSR count). The van der Waals surface area contributed by atoms with E-state index in [1.165, 1.54) is 0 Å². The highest BCUT2D eigenvalue weighted by atomic mass is 16.5. The van der Waals surface area contributed by atoms with Crippen LogP contribution in [0.25, 0.3) is 5.57 Å². The average Bonchev–Trinajstić information content (AvgIpc) is 2.92. The highest BCUT2D eigenvalue weighted by Gasteiger charge is 2.31. The molecular formula is C28H34N6O2. The molecule has 0 amide bonds. The van der Waals surface area contributed by atoms with E-state index in [0.29, 0.717) is 18.2 Å². The number of methoxy groups -OCH3 is 1. The Balaban J connectivity index is 1.57. The third kappa shape index (κ3) is 5.84. The zero-order valence-electron chi connectivity index (χ0n) is 21.1. The first kappa shape index (κ1) is 25.2. The normalized spacial score (nSPS) is 17.1. The summed E-state index contributed by atoms with van der Waals surface area (Å²) in [6.45, 7) is 7.86. The van der Waals surface area contributed by atoms with Gasteiger partial charge in [0.15, 0.2) is 0 Å². The SMILES string of the molecule is CCN(CC)CCOc1ccc(C2(N)N=CC(c3cccnc3)=C(Nc3ccccc3OC)N2)cc1. The molecule has 0 fully saturated rings. The van der Waals surface area contributed by atoms with Crippen LogP contribution in [0.3, 0.4) is 0 Å². The van der Waals surface area contributed by atoms with Gasteiger partial charge in [0.25, 0.3) is 0 Å². The molecule has 0 spiro atoms. The van der Waals surface area contributed by atoms with E-state index < -0.39 is 5.79 Å². The van der Waals surface area contributed by atoms with Gasteiger partial charge in [-0.1, -0.05) is 32.0 Å². The van der Waals surface area contributed by atoms with Crippen molar-refractivity contribution in [2.45, 2.75) is 19.6 Å². The molecule has 0 bridgehead atoms. The van der Waals surface area contributed by atoms with E-state index in [0.717, 1.165) is 47.8 Å². The van der Waals surface area contributed by atoms with E-state index in [1.54, 1.807) is 25.7 Å². The van der Waals surface area contributed by atoms with Crippen LogP contribution in [0.1, 0.15) is 25.0 Å². The Morgan fingerprint density at radius 3 is 2.50 bits per heavy atom. The summed E-state index contributed by atoms with van der Waals surface area (Å²) in [5.74, 6) is 1.04. The number of aliphatic imine (C=N–C) groups is 1. The number of aromatic nitrogens is 1. The maximum atomic E-state index is 6.78. The van der Waals surface area contributed by atoms with E-state index >= 15 is 0 Å². The number of likely N-dealkylation sites (N-methyl/N-ethyl adjacent to an activating group) is 1. The molecule has 1 aromatic heterocycles. The van der Waals surface area contributed by atoms with Crippen molar-refractivity contribution in [3.05, 3.63) is 90.0 Å². The molecule has 2 aromatic carbocycles. The van der Waals surface area contributed by atoms with Crippen molar-refractivity contribution in [1.82, 2.24) is 15.2 Å². The first-order chi connectivity index (χ1) is 17.6. The standard InChI is InChI=1S/C28H34N6O2/c1-4-34(5-2)17-18-36-23-14-12-22(13-15-23)28(29)31-20-24(21-9-8-16-30-19-21)27(33-28)32-25-10-6-7-11-26(25)35-3/h6-16,19-20,32-33H,4-5,17-18,29H2,1-3H3. The summed E-state index contributed by atoms with van der Waals surface area (Å²) < 4.78 is 11.5. The minimum absolute atomic E-state index is 0.634. The number of para-hydroxylation sites is 2. The van der Waals surface area contributed by atoms with Gasteiger partial charge < -0.3 is 25.0 Å². The zero-order valence-corrected chi connectivity index (χ0v) is 21.1. The number of ether oxygens (including phenoxy) is 2. The lowest BCUT2D eigenvalue weighted by Gasteiger charge is -2.34. The predicted molar refractivity (Wildman–Crippen MR) is 145 cm³/mol. The Labute approximate surface area is 212 Å². The van der Waals surface area contributed by atoms with Crippen molar-refractivity contribution in [2.75, 3.05) is 38.7 Å². The molecule has 1 aliphatic rings. The van der Waals surface area contributed by atoms with E-state index in [-0.39, 0.29) is 0 Å². The van der Waals surface area contributed by atoms with Crippen molar-refractivity contribution in [1.29, 1.82) is 0 Å². The van der Waals surface area contributed by atoms with Crippen molar-refractivity contribution < 1.29 is 9.47 Å². The fourth-order valence-corrected chi connectivity index (χ4v) is 4.03. The number of pyridine rings is 1. The second-order valence-electron chi connectivity index (χ2n) is 8.40. The quantitative estimate of drug-likeness (QED) is 0.376. The lowest BCUT2D eigenvalue weighted by atomic mass is 10.0. The van der Waals surface area contributed by atoms with E-state index in [1.807, 2.05) is 60.7 Å². The molecule has 1 aliphatic heterocycles. The third-order valence-corrected chi connectivity index (χ3v) is 6.19. The maximum Gasteiger partial charge on any atom is 0.210 e. The van der Waals surface area contributed by atoms with Crippen LogP contribution in [0.4, 0.5) is 5.69 Å². The van der Waals surface area contributed by atoms with Crippen molar-refractivity contribution in [3.8, 4) is 11.5 Å². The van der Waals surface area contributed by atoms with Crippen molar-refractivity contribution in [3.63, 3.8) is 0 Å². The van der Waals surface area contributed by atoms with Gasteiger partial charge in [0.1, 0.15) is 23.9 Å². The molecule has 0 saturated heterocycles. The summed E-state index contributed by atoms with van der Waals surface area (Å²) in [5.41, 5.74) is 10.1. The van der Waals surface area contributed by atoms with Gasteiger partial charge >= 0.3 is 0 Å². The molecule has 3 aromatic rings. The smallest absolute Gasteiger partial charge is 0.210 e. The molecule has 0 radical (unpaired) electrons. The van der Waals surface area contributed by atoms with Gasteiger partial charge in [-0.25, -0.2) is 4.99 Å². The van der Waals surface area contributed by atoms with Gasteiger partial charge in [-0.05, 0) is 55.6 Å². The first-order valence-corrected chi connectivity index (χ1v) is 12.2. The summed E-state index contributed by atoms with van der Waals surface area (Å²) in [6.07, 6.45) is 5.31. The molecule has 36 heavy (non-hydrogen) atoms. The van der Waals surface area contributed by atoms with E-state index in [9.17, 15) is 0 Å². The van der Waals surface area contributed by atoms with Gasteiger partial charge in [-0.2, -0.15) is 0 Å². The molecular weight excluding hydrogens is 452 g/mol. The number of hydrogen-bond donors (Lipinski definition) is 3. The summed E-state index contributed by atoms with van der Waals surface area (Å²) in [4.78, 5) is 11.3. The predicted octanol–water partition coefficient (Wildman–Crippen LogP) is 4.03. The maximum absolute atomic E-state index is 6.78. The molecule has 1 atom stereocenters. The molecule has 2 heterocycles. The summed E-state index contributed by atoms with van der Waals surface area (Å²) >= 11 is 0. The van der Waals surface area contributed by atoms with Crippen LogP contribution in [0.2, 0.25) is 0 Å². The van der Waals surface area contributed by atoms with Crippen LogP contribution in [0.5, 0.6) is 11.5 Å². The first-order valence-electron chi connectivity index (χ1n) is 12.2. The molecule has 8 nitrogen and oxygen atoms in total. The monoisotopic (exact) mass is 486 g/mol. The number of nitrogens with zero attached hydrogens (tertiary/aromatic N) is 3. The molecule has 188 valence electrons. The molecule has 8 heteroatoms. The highest BCUT2D eigenvalue weighted by molar-refractivity contribution is 6.12. The number of nitrogens with two attached hydrogens (primary N) is 1. The number of benzene rings is 2. The second-order valence-corrected chi connectivity index (χ2v) is 8.40. The Morgan fingerprint density at radius 2 is 1.81 bits per heavy atom. The van der Waals surface area contributed by atoms with Crippen LogP contribution in [-0.4, -0.2) is 49.4 Å². The van der Waals surface area contributed by atoms with Gasteiger partial charge in [0.05, 0.1) is 12.8 Å². The van der Waals surface area contributed by atoms with Crippen LogP contribution >= 0.6 is 0 Å². The van der Waals surface area contributed by atoms with E-state index in [2.05, 4.69) is 34.4 Å². The van der Waals surface area contributed by atoms with Crippen molar-refractivity contribution >= 4 is 17.5 Å². The third-order valence-electron chi connectivity index (χ3n) is 6.19. The fourth-order valence-electron chi connectivity index (χ4n) is 4.03. The zero-order chi connectivity index (χ0) is 25.4. The van der Waals surface area contributed by atoms with Crippen LogP contribution in [0.15, 0.2) is 83.9 Å². The fraction of sp³-hybridized carbons (Fsp3) is 0.286. The molecule has 0 aliphatic carbocycles. The number of allylic oxidation sites excluding steroid dienone is 1. The van der Waals surface area contributed by atoms with Crippen molar-refractivity contribution in [2.24, 2.45) is 10.7 Å². The number of anilines is 1. The van der Waals surface area contributed by atoms with Crippen LogP contribution in [0, 0.1) is 0 Å². The Bertz CT molecular complexity index is 1190. The van der Waals surface area contributed by atoms with Gasteiger partial charge in [-0.3, -0.25) is 10.7 Å². The summed E-state index contributed by atoms with van der Waals surface area (Å²) in [7, 11) is 1.64. The van der Waals surface area contributed by atoms with Crippen LogP contribution in [-0.2, 0) is 5.79 Å². The largest absolute Gasteiger partial charge is 0.495 e. The Morgan fingerprint density at radius 1 is 1.03 bits per heavy atom. The van der Waals surface area contributed by atoms with E-state index in [4.69, 9.17) is 20.2 Å². The second kappa shape index (κ2) is 11.7. The molecule has 0 saturated carbocycles. The van der Waals surface area contributed by atoms with Gasteiger partial charge in [0, 0.05) is 41.9 Å². The Hall–Kier alpha value is -3.88. The van der Waals surface area contributed by atoms with Crippen LogP contribution < -0.4 is 25.8 Å². The highest BCUT2D eigenvalue weighted by Crippen LogP contribution is 2.31. The topological polar surface area (TPSA) is 97.0 Å². The van der Waals surface area contributed by atoms with Gasteiger partial charge in [0.2, 0.25) is 5.79 Å². The molecule has 1 unspecified atom stereocenters. The average molecular weight is 487 g/mol. The molecule has 4 N–H and O–H groups in total. The van der Waals surface area contributed by atoms with Gasteiger partial charge in [-0.15, -0.1) is 0 Å². The Kier molecular flexibility index (Phi) is 8.20.